The van der Waals surface area contributed by atoms with Gasteiger partial charge in [0.05, 0.1) is 0 Å². The summed E-state index contributed by atoms with van der Waals surface area (Å²) in [6.45, 7) is 7.04. The van der Waals surface area contributed by atoms with Crippen molar-refractivity contribution in [3.05, 3.63) is 0 Å². The van der Waals surface area contributed by atoms with Gasteiger partial charge in [-0.25, -0.2) is 0 Å². The molecule has 0 saturated carbocycles. The van der Waals surface area contributed by atoms with Gasteiger partial charge in [-0.1, -0.05) is 12.1 Å². The lowest BCUT2D eigenvalue weighted by Crippen LogP contribution is -2.50. The first-order chi connectivity index (χ1) is 7.39. The molecule has 1 saturated heterocycles. The number of oxime groups is 1. The molecule has 1 heterocycles. The molecule has 16 heavy (non-hydrogen) atoms. The summed E-state index contributed by atoms with van der Waals surface area (Å²) in [5.74, 6) is 0.436. The fraction of sp³-hybridized carbons (Fsp3) is 0.818. The van der Waals surface area contributed by atoms with Crippen molar-refractivity contribution < 1.29 is 10.0 Å². The molecule has 1 rings (SSSR count). The Morgan fingerprint density at radius 2 is 2.19 bits per heavy atom. The van der Waals surface area contributed by atoms with E-state index in [1.54, 1.807) is 13.8 Å². The number of piperidine rings is 1. The minimum atomic E-state index is -0.925. The minimum Gasteiger partial charge on any atom is -0.409 e. The molecule has 1 fully saturated rings. The lowest BCUT2D eigenvalue weighted by atomic mass is 9.88. The van der Waals surface area contributed by atoms with Crippen LogP contribution >= 0.6 is 0 Å². The molecule has 5 heteroatoms. The van der Waals surface area contributed by atoms with Crippen LogP contribution in [0.2, 0.25) is 0 Å². The quantitative estimate of drug-likeness (QED) is 0.320. The molecular formula is C11H21N3O2. The summed E-state index contributed by atoms with van der Waals surface area (Å²) >= 11 is 0. The zero-order valence-electron chi connectivity index (χ0n) is 10.2. The Bertz CT molecular complexity index is 300. The summed E-state index contributed by atoms with van der Waals surface area (Å²) in [7, 11) is 0. The van der Waals surface area contributed by atoms with Crippen LogP contribution < -0.4 is 5.73 Å². The molecule has 5 nitrogen and oxygen atoms in total. The fourth-order valence-corrected chi connectivity index (χ4v) is 2.00. The van der Waals surface area contributed by atoms with Gasteiger partial charge in [-0.3, -0.25) is 4.79 Å². The van der Waals surface area contributed by atoms with Crippen LogP contribution in [0.1, 0.15) is 33.6 Å². The van der Waals surface area contributed by atoms with Gasteiger partial charge in [0.1, 0.15) is 5.41 Å². The summed E-state index contributed by atoms with van der Waals surface area (Å²) in [4.78, 5) is 14.0. The first kappa shape index (κ1) is 12.8. The van der Waals surface area contributed by atoms with E-state index in [2.05, 4.69) is 12.1 Å². The maximum absolute atomic E-state index is 12.2. The van der Waals surface area contributed by atoms with E-state index >= 15 is 0 Å². The first-order valence-corrected chi connectivity index (χ1v) is 5.67. The Balaban J connectivity index is 2.77. The van der Waals surface area contributed by atoms with Gasteiger partial charge in [-0.15, -0.1) is 0 Å². The number of nitrogens with zero attached hydrogens (tertiary/aromatic N) is 2. The van der Waals surface area contributed by atoms with E-state index in [0.29, 0.717) is 5.92 Å². The maximum atomic E-state index is 12.2. The predicted molar refractivity (Wildman–Crippen MR) is 62.2 cm³/mol. The number of hydrogen-bond acceptors (Lipinski definition) is 3. The zero-order chi connectivity index (χ0) is 12.3. The van der Waals surface area contributed by atoms with Gasteiger partial charge in [0.25, 0.3) is 0 Å². The third-order valence-electron chi connectivity index (χ3n) is 3.23. The van der Waals surface area contributed by atoms with Crippen LogP contribution in [0.4, 0.5) is 0 Å². The van der Waals surface area contributed by atoms with Crippen molar-refractivity contribution >= 4 is 11.7 Å². The van der Waals surface area contributed by atoms with Crippen LogP contribution in [-0.4, -0.2) is 34.9 Å². The average Bonchev–Trinajstić information content (AvgIpc) is 2.26. The van der Waals surface area contributed by atoms with Gasteiger partial charge in [0.2, 0.25) is 5.91 Å². The summed E-state index contributed by atoms with van der Waals surface area (Å²) in [5, 5.41) is 11.6. The third kappa shape index (κ3) is 2.46. The van der Waals surface area contributed by atoms with Crippen molar-refractivity contribution in [2.45, 2.75) is 33.6 Å². The highest BCUT2D eigenvalue weighted by Gasteiger charge is 2.37. The number of carbonyl (C=O) groups excluding carboxylic acids is 1. The largest absolute Gasteiger partial charge is 0.409 e. The van der Waals surface area contributed by atoms with Gasteiger partial charge in [0.15, 0.2) is 5.84 Å². The Labute approximate surface area is 96.3 Å². The van der Waals surface area contributed by atoms with E-state index < -0.39 is 5.41 Å². The van der Waals surface area contributed by atoms with Gasteiger partial charge >= 0.3 is 0 Å². The lowest BCUT2D eigenvalue weighted by Gasteiger charge is -2.36. The second kappa shape index (κ2) is 4.72. The molecule has 3 N–H and O–H groups in total. The van der Waals surface area contributed by atoms with Crippen LogP contribution in [0.5, 0.6) is 0 Å². The second-order valence-corrected chi connectivity index (χ2v) is 5.11. The number of hydrogen-bond donors (Lipinski definition) is 2. The molecule has 92 valence electrons. The molecule has 1 aliphatic rings. The molecular weight excluding hydrogens is 206 g/mol. The van der Waals surface area contributed by atoms with Crippen LogP contribution in [-0.2, 0) is 4.79 Å². The smallest absolute Gasteiger partial charge is 0.235 e. The van der Waals surface area contributed by atoms with Crippen LogP contribution in [0.25, 0.3) is 0 Å². The van der Waals surface area contributed by atoms with E-state index in [-0.39, 0.29) is 11.7 Å². The van der Waals surface area contributed by atoms with E-state index in [9.17, 15) is 4.79 Å². The number of nitrogens with two attached hydrogens (primary N) is 1. The van der Waals surface area contributed by atoms with Crippen molar-refractivity contribution in [1.29, 1.82) is 0 Å². The normalized spacial score (nSPS) is 23.3. The Kier molecular flexibility index (Phi) is 3.78. The van der Waals surface area contributed by atoms with Gasteiger partial charge in [-0.05, 0) is 32.6 Å². The minimum absolute atomic E-state index is 0.0317. The topological polar surface area (TPSA) is 78.9 Å². The standard InChI is InChI=1S/C11H21N3O2/c1-8-5-4-6-14(7-8)10(15)11(2,3)9(12)13-16/h8,16H,4-7H2,1-3H3,(H2,12,13). The lowest BCUT2D eigenvalue weighted by molar-refractivity contribution is -0.138. The number of likely N-dealkylation sites (tertiary alicyclic amines) is 1. The summed E-state index contributed by atoms with van der Waals surface area (Å²) in [6, 6.07) is 0. The van der Waals surface area contributed by atoms with E-state index in [1.165, 1.54) is 0 Å². The molecule has 0 aromatic rings. The molecule has 1 aliphatic heterocycles. The van der Waals surface area contributed by atoms with Crippen LogP contribution in [0, 0.1) is 11.3 Å². The Morgan fingerprint density at radius 3 is 2.69 bits per heavy atom. The van der Waals surface area contributed by atoms with Gasteiger partial charge < -0.3 is 15.8 Å². The number of amidine groups is 1. The molecule has 1 amide bonds. The molecule has 1 atom stereocenters. The number of rotatable bonds is 2. The summed E-state index contributed by atoms with van der Waals surface area (Å²) in [6.07, 6.45) is 2.19. The molecule has 0 aromatic heterocycles. The highest BCUT2D eigenvalue weighted by Crippen LogP contribution is 2.24. The van der Waals surface area contributed by atoms with E-state index in [4.69, 9.17) is 10.9 Å². The van der Waals surface area contributed by atoms with Crippen molar-refractivity contribution in [3.8, 4) is 0 Å². The molecule has 0 radical (unpaired) electrons. The second-order valence-electron chi connectivity index (χ2n) is 5.11. The molecule has 0 aromatic carbocycles. The highest BCUT2D eigenvalue weighted by molar-refractivity contribution is 6.05. The first-order valence-electron chi connectivity index (χ1n) is 5.67. The highest BCUT2D eigenvalue weighted by atomic mass is 16.4. The van der Waals surface area contributed by atoms with Crippen LogP contribution in [0.3, 0.4) is 0 Å². The molecule has 1 unspecified atom stereocenters. The molecule has 0 spiro atoms. The third-order valence-corrected chi connectivity index (χ3v) is 3.23. The van der Waals surface area contributed by atoms with E-state index in [1.807, 2.05) is 4.90 Å². The number of carbonyl (C=O) groups is 1. The Morgan fingerprint density at radius 1 is 1.56 bits per heavy atom. The number of amides is 1. The van der Waals surface area contributed by atoms with Crippen molar-refractivity contribution in [3.63, 3.8) is 0 Å². The fourth-order valence-electron chi connectivity index (χ4n) is 2.00. The molecule has 0 aliphatic carbocycles. The average molecular weight is 227 g/mol. The van der Waals surface area contributed by atoms with E-state index in [0.717, 1.165) is 25.9 Å². The van der Waals surface area contributed by atoms with Crippen molar-refractivity contribution in [2.24, 2.45) is 22.2 Å². The van der Waals surface area contributed by atoms with Gasteiger partial charge in [0, 0.05) is 13.1 Å². The van der Waals surface area contributed by atoms with Crippen LogP contribution in [0.15, 0.2) is 5.16 Å². The Hall–Kier alpha value is -1.26. The van der Waals surface area contributed by atoms with Crippen molar-refractivity contribution in [2.75, 3.05) is 13.1 Å². The zero-order valence-corrected chi connectivity index (χ0v) is 10.2. The molecule has 0 bridgehead atoms. The van der Waals surface area contributed by atoms with Crippen molar-refractivity contribution in [1.82, 2.24) is 4.90 Å². The summed E-state index contributed by atoms with van der Waals surface area (Å²) < 4.78 is 0. The SMILES string of the molecule is CC1CCCN(C(=O)C(C)(C)C(N)=NO)C1. The predicted octanol–water partition coefficient (Wildman–Crippen LogP) is 1.02. The van der Waals surface area contributed by atoms with Gasteiger partial charge in [-0.2, -0.15) is 0 Å². The monoisotopic (exact) mass is 227 g/mol. The maximum Gasteiger partial charge on any atom is 0.235 e. The summed E-state index contributed by atoms with van der Waals surface area (Å²) in [5.41, 5.74) is 4.62.